The van der Waals surface area contributed by atoms with E-state index in [0.29, 0.717) is 22.0 Å². The van der Waals surface area contributed by atoms with Crippen molar-refractivity contribution in [1.29, 1.82) is 5.26 Å². The van der Waals surface area contributed by atoms with E-state index >= 15 is 0 Å². The lowest BCUT2D eigenvalue weighted by atomic mass is 9.93. The van der Waals surface area contributed by atoms with Gasteiger partial charge >= 0.3 is 0 Å². The second-order valence-electron chi connectivity index (χ2n) is 8.75. The number of benzene rings is 1. The van der Waals surface area contributed by atoms with Gasteiger partial charge in [0.1, 0.15) is 23.3 Å². The fourth-order valence-electron chi connectivity index (χ4n) is 4.28. The van der Waals surface area contributed by atoms with E-state index in [1.165, 1.54) is 0 Å². The van der Waals surface area contributed by atoms with Crippen molar-refractivity contribution in [1.82, 2.24) is 15.3 Å². The molecule has 1 aromatic heterocycles. The van der Waals surface area contributed by atoms with Crippen LogP contribution in [0.5, 0.6) is 5.75 Å². The van der Waals surface area contributed by atoms with Gasteiger partial charge in [0.05, 0.1) is 29.1 Å². The van der Waals surface area contributed by atoms with Crippen LogP contribution in [0.4, 0.5) is 5.82 Å². The van der Waals surface area contributed by atoms with Crippen molar-refractivity contribution >= 4 is 23.3 Å². The second-order valence-corrected chi connectivity index (χ2v) is 9.16. The molecule has 1 N–H and O–H groups in total. The number of piperidine rings is 1. The number of anilines is 1. The van der Waals surface area contributed by atoms with E-state index < -0.39 is 0 Å². The van der Waals surface area contributed by atoms with E-state index in [1.807, 2.05) is 6.07 Å². The van der Waals surface area contributed by atoms with Crippen molar-refractivity contribution in [2.75, 3.05) is 18.0 Å². The summed E-state index contributed by atoms with van der Waals surface area (Å²) in [4.78, 5) is 23.7. The van der Waals surface area contributed by atoms with Crippen LogP contribution < -0.4 is 15.0 Å². The molecule has 2 aliphatic rings. The number of aromatic nitrogens is 2. The van der Waals surface area contributed by atoms with Crippen LogP contribution in [0.25, 0.3) is 0 Å². The molecule has 0 bridgehead atoms. The monoisotopic (exact) mass is 453 g/mol. The first kappa shape index (κ1) is 22.3. The lowest BCUT2D eigenvalue weighted by Gasteiger charge is -2.31. The number of carbonyl (C=O) groups excluding carboxylic acids is 1. The molecule has 0 unspecified atom stereocenters. The summed E-state index contributed by atoms with van der Waals surface area (Å²) in [6, 6.07) is 7.26. The van der Waals surface area contributed by atoms with Gasteiger partial charge in [-0.15, -0.1) is 0 Å². The summed E-state index contributed by atoms with van der Waals surface area (Å²) < 4.78 is 6.02. The molecule has 2 aromatic rings. The topological polar surface area (TPSA) is 91.1 Å². The zero-order valence-electron chi connectivity index (χ0n) is 18.3. The molecule has 1 saturated carbocycles. The first-order valence-corrected chi connectivity index (χ1v) is 11.6. The molecule has 1 amide bonds. The van der Waals surface area contributed by atoms with E-state index in [0.717, 1.165) is 63.4 Å². The SMILES string of the molecule is CC1CCN(c2cnc(C(=O)NC3CCC(Oc4ccc(C#N)c(Cl)c4)CC3)cn2)CC1. The fourth-order valence-corrected chi connectivity index (χ4v) is 4.49. The molecule has 32 heavy (non-hydrogen) atoms. The third kappa shape index (κ3) is 5.49. The fraction of sp³-hybridized carbons (Fsp3) is 0.500. The number of carbonyl (C=O) groups is 1. The van der Waals surface area contributed by atoms with Gasteiger partial charge in [-0.1, -0.05) is 18.5 Å². The maximum atomic E-state index is 12.6. The van der Waals surface area contributed by atoms with Gasteiger partial charge in [-0.2, -0.15) is 5.26 Å². The number of ether oxygens (including phenoxy) is 1. The Bertz CT molecular complexity index is 975. The standard InChI is InChI=1S/C24H28ClN5O2/c1-16-8-10-30(11-9-16)23-15-27-22(14-28-23)24(31)29-18-3-6-19(7-4-18)32-20-5-2-17(13-26)21(25)12-20/h2,5,12,14-16,18-19H,3-4,6-11H2,1H3,(H,29,31). The third-order valence-corrected chi connectivity index (χ3v) is 6.66. The highest BCUT2D eigenvalue weighted by atomic mass is 35.5. The second kappa shape index (κ2) is 10.2. The molecule has 0 spiro atoms. The highest BCUT2D eigenvalue weighted by molar-refractivity contribution is 6.31. The van der Waals surface area contributed by atoms with Crippen LogP contribution in [0.3, 0.4) is 0 Å². The Kier molecular flexibility index (Phi) is 7.11. The summed E-state index contributed by atoms with van der Waals surface area (Å²) in [5.74, 6) is 2.08. The summed E-state index contributed by atoms with van der Waals surface area (Å²) in [6.07, 6.45) is 9.00. The first-order valence-electron chi connectivity index (χ1n) is 11.3. The summed E-state index contributed by atoms with van der Waals surface area (Å²) in [7, 11) is 0. The van der Waals surface area contributed by atoms with Gasteiger partial charge in [0, 0.05) is 25.2 Å². The minimum atomic E-state index is -0.181. The summed E-state index contributed by atoms with van der Waals surface area (Å²) in [5.41, 5.74) is 0.789. The van der Waals surface area contributed by atoms with E-state index in [4.69, 9.17) is 21.6 Å². The van der Waals surface area contributed by atoms with Gasteiger partial charge in [0.15, 0.2) is 0 Å². The minimum absolute atomic E-state index is 0.0680. The highest BCUT2D eigenvalue weighted by Gasteiger charge is 2.25. The molecule has 2 heterocycles. The maximum Gasteiger partial charge on any atom is 0.271 e. The summed E-state index contributed by atoms with van der Waals surface area (Å²) in [6.45, 7) is 4.25. The summed E-state index contributed by atoms with van der Waals surface area (Å²) in [5, 5.41) is 12.5. The van der Waals surface area contributed by atoms with Crippen LogP contribution in [0.1, 0.15) is 61.5 Å². The van der Waals surface area contributed by atoms with Crippen molar-refractivity contribution in [3.63, 3.8) is 0 Å². The largest absolute Gasteiger partial charge is 0.490 e. The Morgan fingerprint density at radius 3 is 2.53 bits per heavy atom. The van der Waals surface area contributed by atoms with Crippen LogP contribution in [0.2, 0.25) is 5.02 Å². The highest BCUT2D eigenvalue weighted by Crippen LogP contribution is 2.27. The van der Waals surface area contributed by atoms with Gasteiger partial charge in [-0.05, 0) is 56.6 Å². The normalized spacial score (nSPS) is 21.6. The molecular formula is C24H28ClN5O2. The Morgan fingerprint density at radius 2 is 1.91 bits per heavy atom. The van der Waals surface area contributed by atoms with Gasteiger partial charge < -0.3 is 15.0 Å². The van der Waals surface area contributed by atoms with Crippen LogP contribution in [0, 0.1) is 17.2 Å². The molecule has 2 fully saturated rings. The van der Waals surface area contributed by atoms with Crippen LogP contribution in [-0.4, -0.2) is 41.1 Å². The van der Waals surface area contributed by atoms with Gasteiger partial charge in [0.25, 0.3) is 5.91 Å². The number of amides is 1. The molecule has 7 nitrogen and oxygen atoms in total. The Labute approximate surface area is 193 Å². The van der Waals surface area contributed by atoms with Crippen molar-refractivity contribution in [3.05, 3.63) is 46.9 Å². The van der Waals surface area contributed by atoms with Gasteiger partial charge in [-0.3, -0.25) is 4.79 Å². The van der Waals surface area contributed by atoms with Crippen LogP contribution >= 0.6 is 11.6 Å². The average Bonchev–Trinajstić information content (AvgIpc) is 2.81. The van der Waals surface area contributed by atoms with Gasteiger partial charge in [-0.25, -0.2) is 9.97 Å². The molecule has 168 valence electrons. The number of nitriles is 1. The third-order valence-electron chi connectivity index (χ3n) is 6.35. The number of hydrogen-bond donors (Lipinski definition) is 1. The van der Waals surface area contributed by atoms with Crippen molar-refractivity contribution in [2.45, 2.75) is 57.6 Å². The number of nitrogens with zero attached hydrogens (tertiary/aromatic N) is 4. The number of halogens is 1. The van der Waals surface area contributed by atoms with Crippen molar-refractivity contribution in [3.8, 4) is 11.8 Å². The van der Waals surface area contributed by atoms with Gasteiger partial charge in [0.2, 0.25) is 0 Å². The van der Waals surface area contributed by atoms with Crippen LogP contribution in [-0.2, 0) is 0 Å². The van der Waals surface area contributed by atoms with Crippen molar-refractivity contribution in [2.24, 2.45) is 5.92 Å². The molecule has 0 radical (unpaired) electrons. The van der Waals surface area contributed by atoms with Crippen molar-refractivity contribution < 1.29 is 9.53 Å². The number of nitrogens with one attached hydrogen (secondary N) is 1. The van der Waals surface area contributed by atoms with Crippen LogP contribution in [0.15, 0.2) is 30.6 Å². The molecule has 1 aliphatic heterocycles. The molecule has 8 heteroatoms. The predicted octanol–water partition coefficient (Wildman–Crippen LogP) is 4.36. The Hall–Kier alpha value is -2.85. The molecule has 0 atom stereocenters. The Morgan fingerprint density at radius 1 is 1.16 bits per heavy atom. The number of hydrogen-bond acceptors (Lipinski definition) is 6. The quantitative estimate of drug-likeness (QED) is 0.723. The number of rotatable bonds is 5. The lowest BCUT2D eigenvalue weighted by Crippen LogP contribution is -2.40. The van der Waals surface area contributed by atoms with E-state index in [9.17, 15) is 4.79 Å². The molecule has 1 saturated heterocycles. The average molecular weight is 454 g/mol. The van der Waals surface area contributed by atoms with E-state index in [1.54, 1.807) is 30.6 Å². The van der Waals surface area contributed by atoms with E-state index in [2.05, 4.69) is 27.1 Å². The smallest absolute Gasteiger partial charge is 0.271 e. The predicted molar refractivity (Wildman–Crippen MR) is 123 cm³/mol. The first-order chi connectivity index (χ1) is 15.5. The molecule has 1 aliphatic carbocycles. The summed E-state index contributed by atoms with van der Waals surface area (Å²) >= 11 is 6.08. The zero-order chi connectivity index (χ0) is 22.5. The Balaban J connectivity index is 1.24. The zero-order valence-corrected chi connectivity index (χ0v) is 19.0. The van der Waals surface area contributed by atoms with E-state index in [-0.39, 0.29) is 18.1 Å². The maximum absolute atomic E-state index is 12.6. The molecular weight excluding hydrogens is 426 g/mol. The lowest BCUT2D eigenvalue weighted by molar-refractivity contribution is 0.0888. The minimum Gasteiger partial charge on any atom is -0.490 e. The molecule has 1 aromatic carbocycles. The molecule has 4 rings (SSSR count).